The van der Waals surface area contributed by atoms with E-state index < -0.39 is 9.84 Å². The molecule has 0 saturated carbocycles. The lowest BCUT2D eigenvalue weighted by Gasteiger charge is -2.30. The summed E-state index contributed by atoms with van der Waals surface area (Å²) in [6.45, 7) is 2.19. The van der Waals surface area contributed by atoms with Crippen molar-refractivity contribution in [2.24, 2.45) is 0 Å². The first-order valence-electron chi connectivity index (χ1n) is 5.60. The topological polar surface area (TPSA) is 83.6 Å². The molecule has 0 spiro atoms. The van der Waals surface area contributed by atoms with E-state index in [1.54, 1.807) is 0 Å². The van der Waals surface area contributed by atoms with Crippen LogP contribution in [0.1, 0.15) is 19.8 Å². The molecule has 7 heteroatoms. The number of hydrogen-bond acceptors (Lipinski definition) is 5. The number of amides is 2. The standard InChI is InChI=1S/C10H18N2O4S/c1-3-8-10(14)12(9(13)7-11-8)5-4-6-17(2,15)16/h8,11H,3-7H2,1-2H3. The second-order valence-corrected chi connectivity index (χ2v) is 6.47. The second-order valence-electron chi connectivity index (χ2n) is 4.21. The van der Waals surface area contributed by atoms with Crippen molar-refractivity contribution in [2.45, 2.75) is 25.8 Å². The molecular formula is C10H18N2O4S. The van der Waals surface area contributed by atoms with Gasteiger partial charge >= 0.3 is 0 Å². The number of imide groups is 1. The van der Waals surface area contributed by atoms with Crippen LogP contribution in [0.3, 0.4) is 0 Å². The molecule has 0 bridgehead atoms. The highest BCUT2D eigenvalue weighted by Gasteiger charge is 2.32. The fraction of sp³-hybridized carbons (Fsp3) is 0.800. The number of sulfone groups is 1. The Kier molecular flexibility index (Phi) is 4.64. The van der Waals surface area contributed by atoms with Crippen molar-refractivity contribution in [2.75, 3.05) is 25.1 Å². The third-order valence-electron chi connectivity index (χ3n) is 2.67. The number of carbonyl (C=O) groups is 2. The summed E-state index contributed by atoms with van der Waals surface area (Å²) in [5.41, 5.74) is 0. The molecule has 1 atom stereocenters. The van der Waals surface area contributed by atoms with Crippen LogP contribution in [0.2, 0.25) is 0 Å². The molecule has 0 radical (unpaired) electrons. The van der Waals surface area contributed by atoms with Gasteiger partial charge in [0.15, 0.2) is 0 Å². The number of carbonyl (C=O) groups excluding carboxylic acids is 2. The molecule has 1 aliphatic heterocycles. The molecule has 1 unspecified atom stereocenters. The van der Waals surface area contributed by atoms with Gasteiger partial charge in [0, 0.05) is 12.8 Å². The number of rotatable bonds is 5. The van der Waals surface area contributed by atoms with Crippen molar-refractivity contribution in [1.29, 1.82) is 0 Å². The third-order valence-corrected chi connectivity index (χ3v) is 3.70. The van der Waals surface area contributed by atoms with Crippen molar-refractivity contribution in [3.8, 4) is 0 Å². The molecule has 6 nitrogen and oxygen atoms in total. The van der Waals surface area contributed by atoms with Crippen molar-refractivity contribution in [3.63, 3.8) is 0 Å². The quantitative estimate of drug-likeness (QED) is 0.653. The lowest BCUT2D eigenvalue weighted by molar-refractivity contribution is -0.149. The number of hydrogen-bond donors (Lipinski definition) is 1. The summed E-state index contributed by atoms with van der Waals surface area (Å²) in [6, 6.07) is -0.328. The highest BCUT2D eigenvalue weighted by molar-refractivity contribution is 7.90. The van der Waals surface area contributed by atoms with Gasteiger partial charge in [0.1, 0.15) is 9.84 Å². The minimum atomic E-state index is -3.04. The van der Waals surface area contributed by atoms with Crippen molar-refractivity contribution < 1.29 is 18.0 Å². The molecule has 1 fully saturated rings. The summed E-state index contributed by atoms with van der Waals surface area (Å²) in [5, 5.41) is 2.85. The molecule has 1 saturated heterocycles. The van der Waals surface area contributed by atoms with Crippen LogP contribution in [0, 0.1) is 0 Å². The van der Waals surface area contributed by atoms with Gasteiger partial charge in [-0.3, -0.25) is 19.8 Å². The Hall–Kier alpha value is -0.950. The minimum absolute atomic E-state index is 0.00567. The Morgan fingerprint density at radius 1 is 1.41 bits per heavy atom. The third kappa shape index (κ3) is 4.08. The number of nitrogens with one attached hydrogen (secondary N) is 1. The van der Waals surface area contributed by atoms with E-state index >= 15 is 0 Å². The predicted octanol–water partition coefficient (Wildman–Crippen LogP) is -0.842. The van der Waals surface area contributed by atoms with E-state index in [1.165, 1.54) is 0 Å². The smallest absolute Gasteiger partial charge is 0.246 e. The average Bonchev–Trinajstić information content (AvgIpc) is 2.21. The minimum Gasteiger partial charge on any atom is -0.297 e. The highest BCUT2D eigenvalue weighted by atomic mass is 32.2. The van der Waals surface area contributed by atoms with Crippen LogP contribution >= 0.6 is 0 Å². The fourth-order valence-corrected chi connectivity index (χ4v) is 2.40. The van der Waals surface area contributed by atoms with Crippen molar-refractivity contribution in [3.05, 3.63) is 0 Å². The molecule has 2 amide bonds. The molecule has 98 valence electrons. The summed E-state index contributed by atoms with van der Waals surface area (Å²) in [5.74, 6) is -0.542. The predicted molar refractivity (Wildman–Crippen MR) is 63.1 cm³/mol. The van der Waals surface area contributed by atoms with Crippen LogP contribution in [0.4, 0.5) is 0 Å². The Bertz CT molecular complexity index is 405. The van der Waals surface area contributed by atoms with Gasteiger partial charge in [0.2, 0.25) is 11.8 Å². The summed E-state index contributed by atoms with van der Waals surface area (Å²) in [7, 11) is -3.04. The van der Waals surface area contributed by atoms with Crippen molar-refractivity contribution in [1.82, 2.24) is 10.2 Å². The summed E-state index contributed by atoms with van der Waals surface area (Å²) < 4.78 is 21.9. The number of piperazine rings is 1. The zero-order valence-electron chi connectivity index (χ0n) is 10.1. The Balaban J connectivity index is 2.55. The maximum atomic E-state index is 11.8. The summed E-state index contributed by atoms with van der Waals surface area (Å²) in [6.07, 6.45) is 2.06. The first-order chi connectivity index (χ1) is 7.85. The van der Waals surface area contributed by atoms with E-state index in [-0.39, 0.29) is 36.7 Å². The van der Waals surface area contributed by atoms with Gasteiger partial charge in [-0.15, -0.1) is 0 Å². The first kappa shape index (κ1) is 14.1. The fourth-order valence-electron chi connectivity index (χ4n) is 1.74. The van der Waals surface area contributed by atoms with Gasteiger partial charge < -0.3 is 0 Å². The Morgan fingerprint density at radius 2 is 2.06 bits per heavy atom. The van der Waals surface area contributed by atoms with Crippen molar-refractivity contribution >= 4 is 21.7 Å². The van der Waals surface area contributed by atoms with Gasteiger partial charge in [-0.05, 0) is 12.8 Å². The van der Waals surface area contributed by atoms with E-state index in [9.17, 15) is 18.0 Å². The van der Waals surface area contributed by atoms with Crippen LogP contribution in [-0.4, -0.2) is 56.3 Å². The molecule has 1 aliphatic rings. The van der Waals surface area contributed by atoms with Gasteiger partial charge in [0.25, 0.3) is 0 Å². The molecule has 0 aromatic carbocycles. The zero-order chi connectivity index (χ0) is 13.1. The molecule has 17 heavy (non-hydrogen) atoms. The van der Waals surface area contributed by atoms with Gasteiger partial charge in [-0.2, -0.15) is 0 Å². The Morgan fingerprint density at radius 3 is 2.59 bits per heavy atom. The lowest BCUT2D eigenvalue weighted by Crippen LogP contribution is -2.58. The van der Waals surface area contributed by atoms with Crippen LogP contribution in [0.15, 0.2) is 0 Å². The van der Waals surface area contributed by atoms with Gasteiger partial charge in [-0.25, -0.2) is 8.42 Å². The monoisotopic (exact) mass is 262 g/mol. The van der Waals surface area contributed by atoms with Crippen LogP contribution < -0.4 is 5.32 Å². The van der Waals surface area contributed by atoms with Crippen LogP contribution in [0.5, 0.6) is 0 Å². The maximum Gasteiger partial charge on any atom is 0.246 e. The second kappa shape index (κ2) is 5.59. The van der Waals surface area contributed by atoms with E-state index in [2.05, 4.69) is 5.32 Å². The zero-order valence-corrected chi connectivity index (χ0v) is 10.9. The largest absolute Gasteiger partial charge is 0.297 e. The summed E-state index contributed by atoms with van der Waals surface area (Å²) >= 11 is 0. The van der Waals surface area contributed by atoms with Gasteiger partial charge in [0.05, 0.1) is 18.3 Å². The van der Waals surface area contributed by atoms with Crippen LogP contribution in [0.25, 0.3) is 0 Å². The molecule has 0 aromatic rings. The Labute approximate surface area is 101 Å². The number of nitrogens with zero attached hydrogens (tertiary/aromatic N) is 1. The molecule has 1 N–H and O–H groups in total. The van der Waals surface area contributed by atoms with Crippen LogP contribution in [-0.2, 0) is 19.4 Å². The van der Waals surface area contributed by atoms with Gasteiger partial charge in [-0.1, -0.05) is 6.92 Å². The molecule has 0 aliphatic carbocycles. The lowest BCUT2D eigenvalue weighted by atomic mass is 10.1. The summed E-state index contributed by atoms with van der Waals surface area (Å²) in [4.78, 5) is 24.5. The van der Waals surface area contributed by atoms with E-state index in [0.717, 1.165) is 11.2 Å². The average molecular weight is 262 g/mol. The highest BCUT2D eigenvalue weighted by Crippen LogP contribution is 2.07. The van der Waals surface area contributed by atoms with E-state index in [1.807, 2.05) is 6.92 Å². The molecule has 1 rings (SSSR count). The normalized spacial score (nSPS) is 22.0. The van der Waals surface area contributed by atoms with E-state index in [4.69, 9.17) is 0 Å². The maximum absolute atomic E-state index is 11.8. The molecular weight excluding hydrogens is 244 g/mol. The van der Waals surface area contributed by atoms with E-state index in [0.29, 0.717) is 12.8 Å². The molecule has 1 heterocycles. The first-order valence-corrected chi connectivity index (χ1v) is 7.66. The molecule has 0 aromatic heterocycles. The SMILES string of the molecule is CCC1NCC(=O)N(CCCS(C)(=O)=O)C1=O.